The first kappa shape index (κ1) is 48.0. The summed E-state index contributed by atoms with van der Waals surface area (Å²) in [5, 5.41) is 34.5. The van der Waals surface area contributed by atoms with Crippen LogP contribution in [-0.4, -0.2) is 102 Å². The third-order valence-corrected chi connectivity index (χ3v) is 12.1. The minimum absolute atomic E-state index is 0.0978. The Hall–Kier alpha value is -5.48. The lowest BCUT2D eigenvalue weighted by atomic mass is 9.91. The van der Waals surface area contributed by atoms with Gasteiger partial charge in [-0.3, -0.25) is 10.1 Å². The van der Waals surface area contributed by atoms with E-state index in [9.17, 15) is 20.3 Å². The molecule has 0 spiro atoms. The highest BCUT2D eigenvalue weighted by molar-refractivity contribution is 7.97. The first-order chi connectivity index (χ1) is 31.2. The first-order valence-electron chi connectivity index (χ1n) is 21.6. The summed E-state index contributed by atoms with van der Waals surface area (Å²) in [4.78, 5) is 17.4. The summed E-state index contributed by atoms with van der Waals surface area (Å²) in [6.45, 7) is 10.3. The van der Waals surface area contributed by atoms with E-state index in [-0.39, 0.29) is 17.2 Å². The third kappa shape index (κ3) is 15.1. The maximum Gasteiger partial charge on any atom is 0.266 e. The zero-order valence-corrected chi connectivity index (χ0v) is 37.9. The number of rotatable bonds is 23. The van der Waals surface area contributed by atoms with Crippen LogP contribution < -0.4 is 21.0 Å². The Morgan fingerprint density at radius 1 is 0.953 bits per heavy atom. The Kier molecular flexibility index (Phi) is 18.8. The number of nitrogens with zero attached hydrogens (tertiary/aromatic N) is 4. The second-order valence-corrected chi connectivity index (χ2v) is 17.1. The van der Waals surface area contributed by atoms with Gasteiger partial charge in [-0.15, -0.1) is 0 Å². The number of benzene rings is 4. The van der Waals surface area contributed by atoms with Crippen LogP contribution in [0, 0.1) is 10.1 Å². The molecule has 12 nitrogen and oxygen atoms in total. The standard InChI is InChI=1S/C50H59ClN8O4S/c1-3-9-47(48(40-18-20-42(51)21-19-40)36-58(29-26-45(61)37-60)52-27-8-28-57-32-30-56(2)31-33-57)41-11-7-10-39(34-41)15-14-38-16-22-43(23-17-38)53-54-44-24-25-49(50(35-44)59(62)63)55-64-46-12-5-4-6-13-46/h3-7,9-24,34-36,45,49,52-55,60-61H,1,8,25-33,37H2,2H3/b15-14?,47-9+,48-36-. The van der Waals surface area contributed by atoms with Gasteiger partial charge in [0, 0.05) is 67.0 Å². The van der Waals surface area contributed by atoms with Crippen molar-refractivity contribution in [1.82, 2.24) is 30.4 Å². The highest BCUT2D eigenvalue weighted by Crippen LogP contribution is 2.33. The number of piperazine rings is 1. The fraction of sp³-hybridized carbons (Fsp3) is 0.280. The highest BCUT2D eigenvalue weighted by Gasteiger charge is 2.28. The zero-order chi connectivity index (χ0) is 45.1. The van der Waals surface area contributed by atoms with Crippen molar-refractivity contribution in [3.05, 3.63) is 189 Å². The topological polar surface area (TPSA) is 141 Å². The first-order valence-corrected chi connectivity index (χ1v) is 22.8. The van der Waals surface area contributed by atoms with Crippen LogP contribution in [0.15, 0.2) is 157 Å². The fourth-order valence-electron chi connectivity index (χ4n) is 7.22. The average Bonchev–Trinajstić information content (AvgIpc) is 3.32. The number of nitrogens with one attached hydrogen (secondary N) is 4. The van der Waals surface area contributed by atoms with Gasteiger partial charge < -0.3 is 35.9 Å². The molecule has 2 unspecified atom stereocenters. The van der Waals surface area contributed by atoms with Crippen molar-refractivity contribution in [3.63, 3.8) is 0 Å². The molecule has 1 fully saturated rings. The largest absolute Gasteiger partial charge is 0.394 e. The summed E-state index contributed by atoms with van der Waals surface area (Å²) >= 11 is 7.75. The van der Waals surface area contributed by atoms with Gasteiger partial charge in [-0.25, -0.2) is 10.1 Å². The molecule has 1 saturated heterocycles. The third-order valence-electron chi connectivity index (χ3n) is 10.9. The molecule has 0 aromatic heterocycles. The van der Waals surface area contributed by atoms with Crippen molar-refractivity contribution in [1.29, 1.82) is 0 Å². The number of hydrogen-bond donors (Lipinski definition) is 6. The minimum Gasteiger partial charge on any atom is -0.394 e. The van der Waals surface area contributed by atoms with Gasteiger partial charge in [0.15, 0.2) is 0 Å². The van der Waals surface area contributed by atoms with Crippen LogP contribution in [0.2, 0.25) is 5.02 Å². The molecule has 336 valence electrons. The molecule has 4 aromatic carbocycles. The van der Waals surface area contributed by atoms with Crippen LogP contribution in [0.25, 0.3) is 23.3 Å². The zero-order valence-electron chi connectivity index (χ0n) is 36.3. The van der Waals surface area contributed by atoms with Gasteiger partial charge in [0.05, 0.1) is 29.0 Å². The van der Waals surface area contributed by atoms with E-state index in [4.69, 9.17) is 11.6 Å². The Bertz CT molecular complexity index is 2280. The molecule has 14 heteroatoms. The van der Waals surface area contributed by atoms with Crippen LogP contribution >= 0.6 is 23.5 Å². The Labute approximate surface area is 386 Å². The number of halogens is 1. The summed E-state index contributed by atoms with van der Waals surface area (Å²) < 4.78 is 3.23. The van der Waals surface area contributed by atoms with E-state index in [1.807, 2.05) is 102 Å². The van der Waals surface area contributed by atoms with E-state index in [1.54, 1.807) is 12.2 Å². The quantitative estimate of drug-likeness (QED) is 0.0107. The van der Waals surface area contributed by atoms with Gasteiger partial charge >= 0.3 is 0 Å². The predicted octanol–water partition coefficient (Wildman–Crippen LogP) is 8.34. The number of hydrazine groups is 2. The summed E-state index contributed by atoms with van der Waals surface area (Å²) in [5.74, 6) is 0. The minimum atomic E-state index is -0.831. The molecule has 0 bridgehead atoms. The molecular formula is C50H59ClN8O4S. The van der Waals surface area contributed by atoms with Gasteiger partial charge in [0.1, 0.15) is 6.04 Å². The number of allylic oxidation sites excluding steroid dienone is 5. The van der Waals surface area contributed by atoms with Gasteiger partial charge in [0.2, 0.25) is 0 Å². The van der Waals surface area contributed by atoms with E-state index in [0.29, 0.717) is 30.1 Å². The number of aliphatic hydroxyl groups is 2. The Balaban J connectivity index is 1.13. The molecule has 1 aliphatic carbocycles. The molecule has 4 aromatic rings. The lowest BCUT2D eigenvalue weighted by Crippen LogP contribution is -2.45. The van der Waals surface area contributed by atoms with E-state index in [1.165, 1.54) is 11.9 Å². The van der Waals surface area contributed by atoms with E-state index in [2.05, 4.69) is 81.0 Å². The predicted molar refractivity (Wildman–Crippen MR) is 264 cm³/mol. The lowest BCUT2D eigenvalue weighted by molar-refractivity contribution is -0.430. The molecule has 0 radical (unpaired) electrons. The molecule has 2 aliphatic rings. The number of aliphatic hydroxyl groups excluding tert-OH is 2. The second kappa shape index (κ2) is 25.1. The summed E-state index contributed by atoms with van der Waals surface area (Å²) in [6, 6.07) is 33.3. The lowest BCUT2D eigenvalue weighted by Gasteiger charge is -2.32. The van der Waals surface area contributed by atoms with Crippen LogP contribution in [0.3, 0.4) is 0 Å². The molecule has 1 aliphatic heterocycles. The van der Waals surface area contributed by atoms with Crippen molar-refractivity contribution < 1.29 is 15.1 Å². The maximum atomic E-state index is 11.9. The molecule has 2 atom stereocenters. The smallest absolute Gasteiger partial charge is 0.266 e. The van der Waals surface area contributed by atoms with E-state index < -0.39 is 12.1 Å². The van der Waals surface area contributed by atoms with Crippen molar-refractivity contribution >= 4 is 52.5 Å². The molecule has 0 amide bonds. The number of nitro groups is 1. The molecule has 6 rings (SSSR count). The second-order valence-electron chi connectivity index (χ2n) is 15.7. The highest BCUT2D eigenvalue weighted by atomic mass is 35.5. The monoisotopic (exact) mass is 902 g/mol. The number of hydrogen-bond acceptors (Lipinski definition) is 12. The number of anilines is 1. The van der Waals surface area contributed by atoms with Crippen LogP contribution in [-0.2, 0) is 0 Å². The normalized spacial score (nSPS) is 16.8. The van der Waals surface area contributed by atoms with Crippen molar-refractivity contribution in [3.8, 4) is 0 Å². The molecule has 1 heterocycles. The summed E-state index contributed by atoms with van der Waals surface area (Å²) in [7, 11) is 2.16. The Morgan fingerprint density at radius 2 is 1.70 bits per heavy atom. The Morgan fingerprint density at radius 3 is 2.42 bits per heavy atom. The van der Waals surface area contributed by atoms with Crippen molar-refractivity contribution in [2.75, 3.05) is 64.9 Å². The molecule has 0 saturated carbocycles. The van der Waals surface area contributed by atoms with Gasteiger partial charge in [-0.2, -0.15) is 0 Å². The van der Waals surface area contributed by atoms with Gasteiger partial charge in [0.25, 0.3) is 5.70 Å². The van der Waals surface area contributed by atoms with Crippen LogP contribution in [0.5, 0.6) is 0 Å². The van der Waals surface area contributed by atoms with Crippen molar-refractivity contribution in [2.45, 2.75) is 36.3 Å². The molecule has 64 heavy (non-hydrogen) atoms. The summed E-state index contributed by atoms with van der Waals surface area (Å²) in [6.07, 6.45) is 14.5. The van der Waals surface area contributed by atoms with Gasteiger partial charge in [-0.05, 0) is 115 Å². The number of likely N-dealkylation sites (N-methyl/N-ethyl adjacent to an activating group) is 1. The summed E-state index contributed by atoms with van der Waals surface area (Å²) in [5.41, 5.74) is 17.3. The molecule has 6 N–H and O–H groups in total. The fourth-order valence-corrected chi connectivity index (χ4v) is 8.14. The van der Waals surface area contributed by atoms with Crippen molar-refractivity contribution in [2.24, 2.45) is 0 Å². The SMILES string of the molecule is C=C/C=C(/C(=C\N(CCC(O)CO)NCCCN1CCN(C)CC1)c1ccc(Cl)cc1)c1cccc(C=Cc2ccc(NNC3=CCC(NSc4ccccc4)C([N+](=O)[O-])=C3)cc2)c1. The van der Waals surface area contributed by atoms with Crippen LogP contribution in [0.1, 0.15) is 41.5 Å². The van der Waals surface area contributed by atoms with Gasteiger partial charge in [-0.1, -0.05) is 109 Å². The van der Waals surface area contributed by atoms with Crippen LogP contribution in [0.4, 0.5) is 5.69 Å². The van der Waals surface area contributed by atoms with E-state index >= 15 is 0 Å². The molecular weight excluding hydrogens is 844 g/mol. The maximum absolute atomic E-state index is 11.9. The van der Waals surface area contributed by atoms with E-state index in [0.717, 1.165) is 89.7 Å². The average molecular weight is 904 g/mol.